The van der Waals surface area contributed by atoms with Crippen molar-refractivity contribution >= 4 is 5.57 Å². The van der Waals surface area contributed by atoms with Crippen LogP contribution in [-0.4, -0.2) is 14.2 Å². The van der Waals surface area contributed by atoms with Crippen LogP contribution in [-0.2, 0) is 6.42 Å². The second kappa shape index (κ2) is 5.09. The second-order valence-electron chi connectivity index (χ2n) is 4.13. The third-order valence-corrected chi connectivity index (χ3v) is 3.12. The van der Waals surface area contributed by atoms with Crippen LogP contribution in [0.3, 0.4) is 0 Å². The van der Waals surface area contributed by atoms with E-state index in [2.05, 4.69) is 24.8 Å². The SMILES string of the molecule is C=CCC1=CCCc2cc(OC)c(OC)cc21. The molecule has 0 aliphatic heterocycles. The minimum atomic E-state index is 0.795. The summed E-state index contributed by atoms with van der Waals surface area (Å²) in [5.41, 5.74) is 3.94. The number of aryl methyl sites for hydroxylation is 1. The van der Waals surface area contributed by atoms with Gasteiger partial charge in [-0.1, -0.05) is 12.2 Å². The van der Waals surface area contributed by atoms with E-state index >= 15 is 0 Å². The molecular weight excluding hydrogens is 212 g/mol. The van der Waals surface area contributed by atoms with Gasteiger partial charge in [0.2, 0.25) is 0 Å². The Morgan fingerprint density at radius 3 is 2.59 bits per heavy atom. The third-order valence-electron chi connectivity index (χ3n) is 3.12. The van der Waals surface area contributed by atoms with Gasteiger partial charge in [0.15, 0.2) is 11.5 Å². The summed E-state index contributed by atoms with van der Waals surface area (Å²) in [6.07, 6.45) is 7.29. The van der Waals surface area contributed by atoms with E-state index in [0.29, 0.717) is 0 Å². The Hall–Kier alpha value is -1.70. The largest absolute Gasteiger partial charge is 0.493 e. The van der Waals surface area contributed by atoms with Crippen molar-refractivity contribution in [2.24, 2.45) is 0 Å². The standard InChI is InChI=1S/C15H18O2/c1-4-6-11-7-5-8-12-9-14(16-2)15(17-3)10-13(11)12/h4,7,9-10H,1,5-6,8H2,2-3H3. The van der Waals surface area contributed by atoms with Gasteiger partial charge in [0.1, 0.15) is 0 Å². The molecule has 1 aliphatic rings. The molecule has 2 heteroatoms. The molecular formula is C15H18O2. The van der Waals surface area contributed by atoms with Crippen LogP contribution in [0.5, 0.6) is 11.5 Å². The molecule has 0 atom stereocenters. The Bertz CT molecular complexity index is 458. The molecule has 1 aliphatic carbocycles. The first-order valence-corrected chi connectivity index (χ1v) is 5.85. The van der Waals surface area contributed by atoms with Gasteiger partial charge < -0.3 is 9.47 Å². The molecule has 0 bridgehead atoms. The van der Waals surface area contributed by atoms with E-state index in [1.165, 1.54) is 16.7 Å². The van der Waals surface area contributed by atoms with Crippen LogP contribution in [0.2, 0.25) is 0 Å². The molecule has 17 heavy (non-hydrogen) atoms. The molecule has 1 aromatic rings. The van der Waals surface area contributed by atoms with Crippen molar-refractivity contribution in [3.05, 3.63) is 42.0 Å². The molecule has 90 valence electrons. The number of methoxy groups -OCH3 is 2. The van der Waals surface area contributed by atoms with E-state index in [4.69, 9.17) is 9.47 Å². The molecule has 0 saturated carbocycles. The van der Waals surface area contributed by atoms with Crippen molar-refractivity contribution in [1.82, 2.24) is 0 Å². The number of benzene rings is 1. The first-order valence-electron chi connectivity index (χ1n) is 5.85. The fourth-order valence-corrected chi connectivity index (χ4v) is 2.29. The monoisotopic (exact) mass is 230 g/mol. The summed E-state index contributed by atoms with van der Waals surface area (Å²) in [5, 5.41) is 0. The van der Waals surface area contributed by atoms with Gasteiger partial charge in [-0.25, -0.2) is 0 Å². The lowest BCUT2D eigenvalue weighted by Gasteiger charge is -2.19. The average molecular weight is 230 g/mol. The summed E-state index contributed by atoms with van der Waals surface area (Å²) in [6, 6.07) is 4.16. The zero-order chi connectivity index (χ0) is 12.3. The normalized spacial score (nSPS) is 13.6. The molecule has 0 fully saturated rings. The maximum Gasteiger partial charge on any atom is 0.161 e. The summed E-state index contributed by atoms with van der Waals surface area (Å²) >= 11 is 0. The fourth-order valence-electron chi connectivity index (χ4n) is 2.29. The molecule has 0 amide bonds. The smallest absolute Gasteiger partial charge is 0.161 e. The molecule has 0 N–H and O–H groups in total. The number of ether oxygens (including phenoxy) is 2. The highest BCUT2D eigenvalue weighted by molar-refractivity contribution is 5.73. The Balaban J connectivity index is 2.49. The van der Waals surface area contributed by atoms with Crippen LogP contribution in [0.1, 0.15) is 24.0 Å². The highest BCUT2D eigenvalue weighted by Crippen LogP contribution is 2.37. The Kier molecular flexibility index (Phi) is 3.52. The highest BCUT2D eigenvalue weighted by Gasteiger charge is 2.16. The summed E-state index contributed by atoms with van der Waals surface area (Å²) in [5.74, 6) is 1.61. The van der Waals surface area contributed by atoms with Crippen LogP contribution < -0.4 is 9.47 Å². The minimum Gasteiger partial charge on any atom is -0.493 e. The molecule has 0 spiro atoms. The van der Waals surface area contributed by atoms with Gasteiger partial charge >= 0.3 is 0 Å². The van der Waals surface area contributed by atoms with E-state index in [0.717, 1.165) is 30.8 Å². The molecule has 0 radical (unpaired) electrons. The van der Waals surface area contributed by atoms with Crippen molar-refractivity contribution in [3.63, 3.8) is 0 Å². The van der Waals surface area contributed by atoms with Crippen molar-refractivity contribution in [2.75, 3.05) is 14.2 Å². The Morgan fingerprint density at radius 1 is 1.24 bits per heavy atom. The van der Waals surface area contributed by atoms with Crippen molar-refractivity contribution in [2.45, 2.75) is 19.3 Å². The fraction of sp³-hybridized carbons (Fsp3) is 0.333. The van der Waals surface area contributed by atoms with E-state index in [-0.39, 0.29) is 0 Å². The zero-order valence-electron chi connectivity index (χ0n) is 10.5. The maximum absolute atomic E-state index is 5.35. The van der Waals surface area contributed by atoms with Crippen molar-refractivity contribution < 1.29 is 9.47 Å². The van der Waals surface area contributed by atoms with Crippen LogP contribution in [0, 0.1) is 0 Å². The second-order valence-corrected chi connectivity index (χ2v) is 4.13. The minimum absolute atomic E-state index is 0.795. The number of hydrogen-bond donors (Lipinski definition) is 0. The van der Waals surface area contributed by atoms with Crippen LogP contribution >= 0.6 is 0 Å². The number of hydrogen-bond acceptors (Lipinski definition) is 2. The van der Waals surface area contributed by atoms with E-state index < -0.39 is 0 Å². The summed E-state index contributed by atoms with van der Waals surface area (Å²) in [7, 11) is 3.34. The average Bonchev–Trinajstić information content (AvgIpc) is 2.38. The van der Waals surface area contributed by atoms with Crippen molar-refractivity contribution in [3.8, 4) is 11.5 Å². The lowest BCUT2D eigenvalue weighted by atomic mass is 9.89. The Morgan fingerprint density at radius 2 is 1.94 bits per heavy atom. The molecule has 0 heterocycles. The van der Waals surface area contributed by atoms with Gasteiger partial charge in [0, 0.05) is 0 Å². The van der Waals surface area contributed by atoms with Gasteiger partial charge in [0.05, 0.1) is 14.2 Å². The first kappa shape index (κ1) is 11.8. The highest BCUT2D eigenvalue weighted by atomic mass is 16.5. The molecule has 2 rings (SSSR count). The maximum atomic E-state index is 5.35. The predicted molar refractivity (Wildman–Crippen MR) is 70.7 cm³/mol. The van der Waals surface area contributed by atoms with Gasteiger partial charge in [-0.15, -0.1) is 6.58 Å². The van der Waals surface area contributed by atoms with Gasteiger partial charge in [0.25, 0.3) is 0 Å². The number of fused-ring (bicyclic) bond motifs is 1. The van der Waals surface area contributed by atoms with Crippen LogP contribution in [0.15, 0.2) is 30.9 Å². The van der Waals surface area contributed by atoms with E-state index in [1.54, 1.807) is 14.2 Å². The topological polar surface area (TPSA) is 18.5 Å². The quantitative estimate of drug-likeness (QED) is 0.736. The lowest BCUT2D eigenvalue weighted by molar-refractivity contribution is 0.354. The van der Waals surface area contributed by atoms with Gasteiger partial charge in [-0.3, -0.25) is 0 Å². The molecule has 1 aromatic carbocycles. The number of allylic oxidation sites excluding steroid dienone is 3. The van der Waals surface area contributed by atoms with E-state index in [1.807, 2.05) is 6.08 Å². The molecule has 0 aromatic heterocycles. The van der Waals surface area contributed by atoms with Crippen LogP contribution in [0.4, 0.5) is 0 Å². The summed E-state index contributed by atoms with van der Waals surface area (Å²) < 4.78 is 10.7. The number of rotatable bonds is 4. The Labute approximate surface area is 103 Å². The summed E-state index contributed by atoms with van der Waals surface area (Å²) in [4.78, 5) is 0. The zero-order valence-corrected chi connectivity index (χ0v) is 10.5. The predicted octanol–water partition coefficient (Wildman–Crippen LogP) is 3.61. The van der Waals surface area contributed by atoms with E-state index in [9.17, 15) is 0 Å². The summed E-state index contributed by atoms with van der Waals surface area (Å²) in [6.45, 7) is 3.81. The van der Waals surface area contributed by atoms with Crippen molar-refractivity contribution in [1.29, 1.82) is 0 Å². The first-order chi connectivity index (χ1) is 8.30. The molecule has 2 nitrogen and oxygen atoms in total. The van der Waals surface area contributed by atoms with Crippen LogP contribution in [0.25, 0.3) is 5.57 Å². The third kappa shape index (κ3) is 2.21. The molecule has 0 unspecified atom stereocenters. The molecule has 0 saturated heterocycles. The lowest BCUT2D eigenvalue weighted by Crippen LogP contribution is -2.02. The van der Waals surface area contributed by atoms with Gasteiger partial charge in [-0.2, -0.15) is 0 Å². The van der Waals surface area contributed by atoms with Gasteiger partial charge in [-0.05, 0) is 48.1 Å².